The highest BCUT2D eigenvalue weighted by Crippen LogP contribution is 2.21. The van der Waals surface area contributed by atoms with Crippen LogP contribution in [0.2, 0.25) is 0 Å². The maximum absolute atomic E-state index is 11.8. The van der Waals surface area contributed by atoms with E-state index in [1.54, 1.807) is 18.2 Å². The molecule has 0 saturated carbocycles. The number of thiazole rings is 1. The van der Waals surface area contributed by atoms with E-state index in [2.05, 4.69) is 15.3 Å². The first kappa shape index (κ1) is 11.5. The summed E-state index contributed by atoms with van der Waals surface area (Å²) in [4.78, 5) is 21.1. The van der Waals surface area contributed by atoms with E-state index in [-0.39, 0.29) is 11.6 Å². The van der Waals surface area contributed by atoms with Gasteiger partial charge in [0.1, 0.15) is 11.5 Å². The molecule has 0 aliphatic rings. The van der Waals surface area contributed by atoms with Crippen molar-refractivity contribution in [2.75, 3.05) is 11.1 Å². The highest BCUT2D eigenvalue weighted by molar-refractivity contribution is 7.15. The molecular weight excluding hydrogens is 236 g/mol. The fourth-order valence-electron chi connectivity index (χ4n) is 1.27. The third-order valence-corrected chi connectivity index (χ3v) is 3.24. The van der Waals surface area contributed by atoms with E-state index in [4.69, 9.17) is 5.73 Å². The Morgan fingerprint density at radius 1 is 1.35 bits per heavy atom. The van der Waals surface area contributed by atoms with E-state index < -0.39 is 0 Å². The molecule has 0 aliphatic heterocycles. The summed E-state index contributed by atoms with van der Waals surface area (Å²) >= 11 is 1.44. The smallest absolute Gasteiger partial charge is 0.276 e. The van der Waals surface area contributed by atoms with Crippen molar-refractivity contribution in [3.63, 3.8) is 0 Å². The van der Waals surface area contributed by atoms with Gasteiger partial charge in [-0.1, -0.05) is 6.07 Å². The number of aromatic nitrogens is 2. The van der Waals surface area contributed by atoms with Crippen LogP contribution in [0.5, 0.6) is 0 Å². The van der Waals surface area contributed by atoms with Gasteiger partial charge < -0.3 is 5.73 Å². The highest BCUT2D eigenvalue weighted by atomic mass is 32.1. The molecule has 5 nitrogen and oxygen atoms in total. The Morgan fingerprint density at radius 3 is 2.71 bits per heavy atom. The third kappa shape index (κ3) is 2.59. The zero-order valence-electron chi connectivity index (χ0n) is 9.52. The summed E-state index contributed by atoms with van der Waals surface area (Å²) < 4.78 is 0. The molecule has 0 aliphatic carbocycles. The third-order valence-electron chi connectivity index (χ3n) is 2.25. The largest absolute Gasteiger partial charge is 0.384 e. The normalized spacial score (nSPS) is 10.2. The molecular formula is C11H12N4OS. The fraction of sp³-hybridized carbons (Fsp3) is 0.182. The van der Waals surface area contributed by atoms with Crippen molar-refractivity contribution in [1.82, 2.24) is 9.97 Å². The Bertz CT molecular complexity index is 545. The van der Waals surface area contributed by atoms with Gasteiger partial charge in [0, 0.05) is 4.88 Å². The predicted octanol–water partition coefficient (Wildman–Crippen LogP) is 1.99. The average Bonchev–Trinajstić information content (AvgIpc) is 2.58. The maximum Gasteiger partial charge on any atom is 0.276 e. The zero-order chi connectivity index (χ0) is 12.4. The van der Waals surface area contributed by atoms with E-state index in [1.807, 2.05) is 13.8 Å². The molecule has 0 radical (unpaired) electrons. The molecule has 0 bridgehead atoms. The number of aryl methyl sites for hydroxylation is 2. The van der Waals surface area contributed by atoms with Crippen LogP contribution in [0, 0.1) is 13.8 Å². The summed E-state index contributed by atoms with van der Waals surface area (Å²) in [5.41, 5.74) is 6.72. The van der Waals surface area contributed by atoms with E-state index in [1.165, 1.54) is 11.3 Å². The first-order chi connectivity index (χ1) is 8.06. The molecule has 6 heteroatoms. The van der Waals surface area contributed by atoms with Crippen molar-refractivity contribution in [1.29, 1.82) is 0 Å². The first-order valence-electron chi connectivity index (χ1n) is 5.04. The second-order valence-corrected chi connectivity index (χ2v) is 4.77. The van der Waals surface area contributed by atoms with Crippen molar-refractivity contribution in [3.8, 4) is 0 Å². The number of hydrogen-bond acceptors (Lipinski definition) is 5. The predicted molar refractivity (Wildman–Crippen MR) is 68.2 cm³/mol. The molecule has 0 fully saturated rings. The maximum atomic E-state index is 11.8. The van der Waals surface area contributed by atoms with Gasteiger partial charge in [-0.25, -0.2) is 9.97 Å². The van der Waals surface area contributed by atoms with Gasteiger partial charge in [-0.3, -0.25) is 10.1 Å². The number of rotatable bonds is 2. The van der Waals surface area contributed by atoms with Gasteiger partial charge in [0.05, 0.1) is 5.69 Å². The van der Waals surface area contributed by atoms with Gasteiger partial charge in [0.2, 0.25) is 0 Å². The summed E-state index contributed by atoms with van der Waals surface area (Å²) in [5.74, 6) is 0.0233. The summed E-state index contributed by atoms with van der Waals surface area (Å²) in [6.07, 6.45) is 0. The van der Waals surface area contributed by atoms with Crippen LogP contribution in [0.25, 0.3) is 0 Å². The molecule has 0 atom stereocenters. The molecule has 3 N–H and O–H groups in total. The van der Waals surface area contributed by atoms with Gasteiger partial charge >= 0.3 is 0 Å². The Hall–Kier alpha value is -1.95. The Kier molecular flexibility index (Phi) is 3.06. The summed E-state index contributed by atoms with van der Waals surface area (Å²) in [7, 11) is 0. The van der Waals surface area contributed by atoms with E-state index in [0.717, 1.165) is 10.6 Å². The minimum absolute atomic E-state index is 0.288. The highest BCUT2D eigenvalue weighted by Gasteiger charge is 2.11. The van der Waals surface area contributed by atoms with Crippen LogP contribution in [-0.4, -0.2) is 15.9 Å². The molecule has 0 aromatic carbocycles. The SMILES string of the molecule is Cc1nc(NC(=O)c2cccc(N)n2)sc1C. The van der Waals surface area contributed by atoms with Crippen molar-refractivity contribution in [2.45, 2.75) is 13.8 Å². The van der Waals surface area contributed by atoms with Gasteiger partial charge in [0.25, 0.3) is 5.91 Å². The van der Waals surface area contributed by atoms with Gasteiger partial charge in [-0.2, -0.15) is 0 Å². The van der Waals surface area contributed by atoms with E-state index >= 15 is 0 Å². The van der Waals surface area contributed by atoms with Crippen LogP contribution in [-0.2, 0) is 0 Å². The van der Waals surface area contributed by atoms with Gasteiger partial charge in [-0.15, -0.1) is 11.3 Å². The average molecular weight is 248 g/mol. The van der Waals surface area contributed by atoms with Crippen LogP contribution < -0.4 is 11.1 Å². The number of nitrogens with two attached hydrogens (primary N) is 1. The molecule has 0 spiro atoms. The lowest BCUT2D eigenvalue weighted by Crippen LogP contribution is -2.14. The molecule has 2 aromatic rings. The molecule has 0 saturated heterocycles. The minimum Gasteiger partial charge on any atom is -0.384 e. The summed E-state index contributed by atoms with van der Waals surface area (Å²) in [6, 6.07) is 4.93. The molecule has 2 rings (SSSR count). The van der Waals surface area contributed by atoms with Crippen molar-refractivity contribution >= 4 is 28.2 Å². The lowest BCUT2D eigenvalue weighted by Gasteiger charge is -2.01. The number of carbonyl (C=O) groups is 1. The van der Waals surface area contributed by atoms with Crippen LogP contribution in [0.1, 0.15) is 21.1 Å². The second-order valence-electron chi connectivity index (χ2n) is 3.56. The Labute approximate surface area is 103 Å². The van der Waals surface area contributed by atoms with Gasteiger partial charge in [-0.05, 0) is 26.0 Å². The number of hydrogen-bond donors (Lipinski definition) is 2. The summed E-state index contributed by atoms with van der Waals surface area (Å²) in [5, 5.41) is 3.28. The fourth-order valence-corrected chi connectivity index (χ4v) is 2.07. The number of pyridine rings is 1. The molecule has 2 aromatic heterocycles. The number of carbonyl (C=O) groups excluding carboxylic acids is 1. The van der Waals surface area contributed by atoms with Gasteiger partial charge in [0.15, 0.2) is 5.13 Å². The Morgan fingerprint density at radius 2 is 2.12 bits per heavy atom. The zero-order valence-corrected chi connectivity index (χ0v) is 10.3. The topological polar surface area (TPSA) is 80.9 Å². The lowest BCUT2D eigenvalue weighted by molar-refractivity contribution is 0.102. The second kappa shape index (κ2) is 4.50. The standard InChI is InChI=1S/C11H12N4OS/c1-6-7(2)17-11(13-6)15-10(16)8-4-3-5-9(12)14-8/h3-5H,1-2H3,(H2,12,14)(H,13,15,16). The summed E-state index contributed by atoms with van der Waals surface area (Å²) in [6.45, 7) is 3.86. The van der Waals surface area contributed by atoms with Crippen molar-refractivity contribution in [3.05, 3.63) is 34.5 Å². The molecule has 2 heterocycles. The lowest BCUT2D eigenvalue weighted by atomic mass is 10.3. The molecule has 88 valence electrons. The quantitative estimate of drug-likeness (QED) is 0.851. The number of nitrogens with one attached hydrogen (secondary N) is 1. The van der Waals surface area contributed by atoms with E-state index in [0.29, 0.717) is 10.9 Å². The van der Waals surface area contributed by atoms with Crippen LogP contribution in [0.15, 0.2) is 18.2 Å². The minimum atomic E-state index is -0.300. The number of nitrogens with zero attached hydrogens (tertiary/aromatic N) is 2. The van der Waals surface area contributed by atoms with E-state index in [9.17, 15) is 4.79 Å². The molecule has 17 heavy (non-hydrogen) atoms. The van der Waals surface area contributed by atoms with Crippen molar-refractivity contribution < 1.29 is 4.79 Å². The number of amides is 1. The number of anilines is 2. The molecule has 1 amide bonds. The molecule has 0 unspecified atom stereocenters. The van der Waals surface area contributed by atoms with Crippen LogP contribution in [0.4, 0.5) is 10.9 Å². The number of nitrogen functional groups attached to an aromatic ring is 1. The van der Waals surface area contributed by atoms with Crippen LogP contribution >= 0.6 is 11.3 Å². The monoisotopic (exact) mass is 248 g/mol. The van der Waals surface area contributed by atoms with Crippen LogP contribution in [0.3, 0.4) is 0 Å². The Balaban J connectivity index is 2.17. The van der Waals surface area contributed by atoms with Crippen molar-refractivity contribution in [2.24, 2.45) is 0 Å². The first-order valence-corrected chi connectivity index (χ1v) is 5.86.